The lowest BCUT2D eigenvalue weighted by Crippen LogP contribution is -2.27. The number of hydrogen-bond acceptors (Lipinski definition) is 2. The molecule has 0 bridgehead atoms. The van der Waals surface area contributed by atoms with Crippen LogP contribution in [0.25, 0.3) is 0 Å². The van der Waals surface area contributed by atoms with Crippen LogP contribution in [0.4, 0.5) is 0 Å². The average molecular weight is 217 g/mol. The molecule has 0 saturated carbocycles. The first kappa shape index (κ1) is 10.9. The second kappa shape index (κ2) is 4.47. The van der Waals surface area contributed by atoms with Crippen LogP contribution < -0.4 is 0 Å². The summed E-state index contributed by atoms with van der Waals surface area (Å²) >= 11 is 0. The molecule has 0 spiro atoms. The van der Waals surface area contributed by atoms with E-state index in [1.54, 1.807) is 11.8 Å². The predicted molar refractivity (Wildman–Crippen MR) is 61.1 cm³/mol. The smallest absolute Gasteiger partial charge is 0.219 e. The van der Waals surface area contributed by atoms with Gasteiger partial charge in [-0.05, 0) is 6.42 Å². The topological polar surface area (TPSA) is 37.4 Å². The van der Waals surface area contributed by atoms with E-state index in [-0.39, 0.29) is 17.6 Å². The Balaban J connectivity index is 2.05. The number of amides is 1. The summed E-state index contributed by atoms with van der Waals surface area (Å²) in [5.74, 6) is 0.194. The Hall–Kier alpha value is -1.64. The maximum Gasteiger partial charge on any atom is 0.219 e. The molecule has 1 aromatic carbocycles. The number of hydrogen-bond donors (Lipinski definition) is 0. The van der Waals surface area contributed by atoms with Gasteiger partial charge >= 0.3 is 0 Å². The second-order valence-electron chi connectivity index (χ2n) is 4.18. The lowest BCUT2D eigenvalue weighted by atomic mass is 9.97. The van der Waals surface area contributed by atoms with Crippen LogP contribution in [0, 0.1) is 5.92 Å². The van der Waals surface area contributed by atoms with Gasteiger partial charge in [0.05, 0.1) is 0 Å². The van der Waals surface area contributed by atoms with Crippen molar-refractivity contribution in [2.45, 2.75) is 13.3 Å². The Bertz CT molecular complexity index is 400. The summed E-state index contributed by atoms with van der Waals surface area (Å²) in [4.78, 5) is 25.0. The molecule has 1 heterocycles. The number of carbonyl (C=O) groups excluding carboxylic acids is 2. The Morgan fingerprint density at radius 1 is 1.25 bits per heavy atom. The highest BCUT2D eigenvalue weighted by molar-refractivity contribution is 5.98. The first-order valence-corrected chi connectivity index (χ1v) is 5.53. The highest BCUT2D eigenvalue weighted by Gasteiger charge is 2.29. The van der Waals surface area contributed by atoms with Gasteiger partial charge in [-0.2, -0.15) is 0 Å². The zero-order chi connectivity index (χ0) is 11.5. The molecule has 0 radical (unpaired) electrons. The average Bonchev–Trinajstić information content (AvgIpc) is 2.78. The molecule has 84 valence electrons. The van der Waals surface area contributed by atoms with Gasteiger partial charge in [0.1, 0.15) is 0 Å². The Kier molecular flexibility index (Phi) is 3.04. The van der Waals surface area contributed by atoms with E-state index >= 15 is 0 Å². The predicted octanol–water partition coefficient (Wildman–Crippen LogP) is 1.74. The molecule has 1 aromatic rings. The number of Topliss-reactive ketones (excluding diaryl/α,β-unsaturated/α-hetero) is 1. The minimum atomic E-state index is -0.0219. The quantitative estimate of drug-likeness (QED) is 0.707. The van der Waals surface area contributed by atoms with Gasteiger partial charge < -0.3 is 4.90 Å². The summed E-state index contributed by atoms with van der Waals surface area (Å²) in [6.07, 6.45) is 0.785. The van der Waals surface area contributed by atoms with Crippen molar-refractivity contribution < 1.29 is 9.59 Å². The van der Waals surface area contributed by atoms with E-state index in [9.17, 15) is 9.59 Å². The molecule has 3 heteroatoms. The first-order chi connectivity index (χ1) is 7.68. The van der Waals surface area contributed by atoms with E-state index in [0.717, 1.165) is 12.0 Å². The SMILES string of the molecule is CC(=O)N1CCC(C(=O)c2ccccc2)C1. The van der Waals surface area contributed by atoms with Crippen molar-refractivity contribution in [3.8, 4) is 0 Å². The monoisotopic (exact) mass is 217 g/mol. The first-order valence-electron chi connectivity index (χ1n) is 5.53. The number of benzene rings is 1. The van der Waals surface area contributed by atoms with E-state index in [4.69, 9.17) is 0 Å². The number of carbonyl (C=O) groups is 2. The van der Waals surface area contributed by atoms with Crippen LogP contribution in [0.1, 0.15) is 23.7 Å². The number of ketones is 1. The summed E-state index contributed by atoms with van der Waals surface area (Å²) in [5.41, 5.74) is 0.748. The van der Waals surface area contributed by atoms with Crippen LogP contribution in [0.5, 0.6) is 0 Å². The Labute approximate surface area is 95.1 Å². The summed E-state index contributed by atoms with van der Waals surface area (Å²) in [6, 6.07) is 9.29. The Morgan fingerprint density at radius 3 is 2.50 bits per heavy atom. The fraction of sp³-hybridized carbons (Fsp3) is 0.385. The van der Waals surface area contributed by atoms with Gasteiger partial charge in [0.2, 0.25) is 5.91 Å². The molecule has 1 saturated heterocycles. The van der Waals surface area contributed by atoms with Crippen molar-refractivity contribution in [1.29, 1.82) is 0 Å². The van der Waals surface area contributed by atoms with Gasteiger partial charge in [-0.25, -0.2) is 0 Å². The fourth-order valence-corrected chi connectivity index (χ4v) is 2.10. The molecule has 0 aromatic heterocycles. The summed E-state index contributed by atoms with van der Waals surface area (Å²) < 4.78 is 0. The zero-order valence-corrected chi connectivity index (χ0v) is 9.35. The Morgan fingerprint density at radius 2 is 1.94 bits per heavy atom. The van der Waals surface area contributed by atoms with E-state index in [2.05, 4.69) is 0 Å². The van der Waals surface area contributed by atoms with Crippen LogP contribution in [-0.2, 0) is 4.79 Å². The van der Waals surface area contributed by atoms with Gasteiger partial charge in [-0.3, -0.25) is 9.59 Å². The van der Waals surface area contributed by atoms with Gasteiger partial charge in [0, 0.05) is 31.5 Å². The third-order valence-electron chi connectivity index (χ3n) is 3.06. The van der Waals surface area contributed by atoms with Crippen LogP contribution in [0.2, 0.25) is 0 Å². The molecule has 0 aliphatic carbocycles. The largest absolute Gasteiger partial charge is 0.342 e. The molecule has 1 aliphatic heterocycles. The van der Waals surface area contributed by atoms with Gasteiger partial charge in [-0.15, -0.1) is 0 Å². The van der Waals surface area contributed by atoms with Gasteiger partial charge in [0.15, 0.2) is 5.78 Å². The van der Waals surface area contributed by atoms with Crippen molar-refractivity contribution in [1.82, 2.24) is 4.90 Å². The lowest BCUT2D eigenvalue weighted by Gasteiger charge is -2.13. The highest BCUT2D eigenvalue weighted by atomic mass is 16.2. The van der Waals surface area contributed by atoms with Gasteiger partial charge in [0.25, 0.3) is 0 Å². The normalized spacial score (nSPS) is 19.8. The lowest BCUT2D eigenvalue weighted by molar-refractivity contribution is -0.127. The molecule has 3 nitrogen and oxygen atoms in total. The van der Waals surface area contributed by atoms with Crippen molar-refractivity contribution in [3.63, 3.8) is 0 Å². The third-order valence-corrected chi connectivity index (χ3v) is 3.06. The van der Waals surface area contributed by atoms with Crippen molar-refractivity contribution in [3.05, 3.63) is 35.9 Å². The molecule has 16 heavy (non-hydrogen) atoms. The second-order valence-corrected chi connectivity index (χ2v) is 4.18. The minimum absolute atomic E-state index is 0.0219. The van der Waals surface area contributed by atoms with Crippen molar-refractivity contribution >= 4 is 11.7 Å². The van der Waals surface area contributed by atoms with E-state index < -0.39 is 0 Å². The van der Waals surface area contributed by atoms with Gasteiger partial charge in [-0.1, -0.05) is 30.3 Å². The van der Waals surface area contributed by atoms with Crippen LogP contribution in [-0.4, -0.2) is 29.7 Å². The number of nitrogens with zero attached hydrogens (tertiary/aromatic N) is 1. The maximum absolute atomic E-state index is 12.1. The number of likely N-dealkylation sites (tertiary alicyclic amines) is 1. The minimum Gasteiger partial charge on any atom is -0.342 e. The number of rotatable bonds is 2. The summed E-state index contributed by atoms with van der Waals surface area (Å²) in [7, 11) is 0. The van der Waals surface area contributed by atoms with Crippen molar-refractivity contribution in [2.24, 2.45) is 5.92 Å². The summed E-state index contributed by atoms with van der Waals surface area (Å²) in [6.45, 7) is 2.83. The summed E-state index contributed by atoms with van der Waals surface area (Å²) in [5, 5.41) is 0. The molecular formula is C13H15NO2. The van der Waals surface area contributed by atoms with E-state index in [0.29, 0.717) is 13.1 Å². The molecule has 1 amide bonds. The highest BCUT2D eigenvalue weighted by Crippen LogP contribution is 2.20. The molecular weight excluding hydrogens is 202 g/mol. The van der Waals surface area contributed by atoms with Crippen molar-refractivity contribution in [2.75, 3.05) is 13.1 Å². The van der Waals surface area contributed by atoms with Crippen LogP contribution in [0.15, 0.2) is 30.3 Å². The molecule has 1 fully saturated rings. The zero-order valence-electron chi connectivity index (χ0n) is 9.35. The molecule has 1 aliphatic rings. The van der Waals surface area contributed by atoms with Crippen LogP contribution in [0.3, 0.4) is 0 Å². The molecule has 1 atom stereocenters. The molecule has 1 unspecified atom stereocenters. The van der Waals surface area contributed by atoms with E-state index in [1.165, 1.54) is 0 Å². The van der Waals surface area contributed by atoms with Crippen LogP contribution >= 0.6 is 0 Å². The standard InChI is InChI=1S/C13H15NO2/c1-10(15)14-8-7-12(9-14)13(16)11-5-3-2-4-6-11/h2-6,12H,7-9H2,1H3. The maximum atomic E-state index is 12.1. The van der Waals surface area contributed by atoms with E-state index in [1.807, 2.05) is 30.3 Å². The molecule has 0 N–H and O–H groups in total. The third kappa shape index (κ3) is 2.13. The fourth-order valence-electron chi connectivity index (χ4n) is 2.10. The molecule has 2 rings (SSSR count).